The number of nitrogens with zero attached hydrogens (tertiary/aromatic N) is 4. The van der Waals surface area contributed by atoms with Crippen molar-refractivity contribution in [2.45, 2.75) is 12.6 Å². The second-order valence-electron chi connectivity index (χ2n) is 8.60. The number of fused-ring (bicyclic) bond motifs is 1. The lowest BCUT2D eigenvalue weighted by Gasteiger charge is -2.35. The van der Waals surface area contributed by atoms with E-state index >= 15 is 0 Å². The Balaban J connectivity index is 1.42. The summed E-state index contributed by atoms with van der Waals surface area (Å²) in [6.07, 6.45) is 5.34. The van der Waals surface area contributed by atoms with E-state index in [0.717, 1.165) is 35.0 Å². The van der Waals surface area contributed by atoms with Crippen molar-refractivity contribution in [3.8, 4) is 16.9 Å². The lowest BCUT2D eigenvalue weighted by Crippen LogP contribution is -2.53. The number of aliphatic hydroxyl groups is 1. The Morgan fingerprint density at radius 3 is 2.83 bits per heavy atom. The van der Waals surface area contributed by atoms with Gasteiger partial charge in [0.2, 0.25) is 0 Å². The minimum atomic E-state index is -0.437. The Labute approximate surface area is 203 Å². The molecule has 1 aliphatic heterocycles. The van der Waals surface area contributed by atoms with Crippen LogP contribution in [0.2, 0.25) is 0 Å². The number of β-amino-alcohol motifs (C(OH)–C–C–N with tert-alkyl or cyclic N) is 1. The molecule has 1 saturated heterocycles. The van der Waals surface area contributed by atoms with Crippen LogP contribution in [0.1, 0.15) is 10.4 Å². The van der Waals surface area contributed by atoms with Crippen LogP contribution in [0.4, 0.5) is 11.5 Å². The predicted octanol–water partition coefficient (Wildman–Crippen LogP) is 2.89. The maximum absolute atomic E-state index is 12.6. The van der Waals surface area contributed by atoms with Crippen molar-refractivity contribution in [3.05, 3.63) is 66.6 Å². The van der Waals surface area contributed by atoms with Gasteiger partial charge in [-0.15, -0.1) is 0 Å². The maximum Gasteiger partial charge on any atom is 0.254 e. The zero-order valence-electron chi connectivity index (χ0n) is 19.7. The number of likely N-dealkylation sites (tertiary alicyclic amines) is 1. The van der Waals surface area contributed by atoms with Gasteiger partial charge in [0.25, 0.3) is 5.91 Å². The van der Waals surface area contributed by atoms with Crippen LogP contribution in [0, 0.1) is 0 Å². The van der Waals surface area contributed by atoms with Crippen LogP contribution in [-0.2, 0) is 6.54 Å². The van der Waals surface area contributed by atoms with Crippen LogP contribution in [0.5, 0.6) is 5.75 Å². The average molecular weight is 473 g/mol. The lowest BCUT2D eigenvalue weighted by atomic mass is 10.0. The first-order chi connectivity index (χ1) is 17.1. The van der Waals surface area contributed by atoms with Gasteiger partial charge in [-0.05, 0) is 42.3 Å². The van der Waals surface area contributed by atoms with Crippen molar-refractivity contribution < 1.29 is 14.6 Å². The number of methoxy groups -OCH3 is 1. The van der Waals surface area contributed by atoms with E-state index in [0.29, 0.717) is 35.9 Å². The normalized spacial score (nSPS) is 13.6. The van der Waals surface area contributed by atoms with E-state index in [4.69, 9.17) is 4.74 Å². The summed E-state index contributed by atoms with van der Waals surface area (Å²) in [5, 5.41) is 22.5. The molecule has 0 radical (unpaired) electrons. The van der Waals surface area contributed by atoms with Gasteiger partial charge in [-0.1, -0.05) is 18.2 Å². The smallest absolute Gasteiger partial charge is 0.254 e. The molecule has 0 spiro atoms. The molecule has 4 aromatic rings. The summed E-state index contributed by atoms with van der Waals surface area (Å²) in [5.41, 5.74) is 3.34. The molecule has 0 aliphatic carbocycles. The molecule has 0 unspecified atom stereocenters. The number of aliphatic hydroxyl groups excluding tert-OH is 1. The molecular weight excluding hydrogens is 444 g/mol. The number of aromatic nitrogens is 3. The molecule has 35 heavy (non-hydrogen) atoms. The van der Waals surface area contributed by atoms with E-state index in [-0.39, 0.29) is 5.91 Å². The number of nitrogens with one attached hydrogen (secondary N) is 2. The van der Waals surface area contributed by atoms with Crippen molar-refractivity contribution in [2.24, 2.45) is 0 Å². The van der Waals surface area contributed by atoms with Gasteiger partial charge < -0.3 is 25.4 Å². The molecule has 2 aromatic heterocycles. The Kier molecular flexibility index (Phi) is 6.35. The Morgan fingerprint density at radius 2 is 2.06 bits per heavy atom. The number of ether oxygens (including phenoxy) is 1. The van der Waals surface area contributed by atoms with E-state index in [1.807, 2.05) is 48.4 Å². The van der Waals surface area contributed by atoms with Gasteiger partial charge >= 0.3 is 0 Å². The fraction of sp³-hybridized carbons (Fsp3) is 0.269. The standard InChI is InChI=1S/C26H28N6O3/c1-27-8-9-32-14-19(13-29-32)21-5-3-4-18-12-28-25(11-22(18)21)30-23-7-6-17(10-24(23)35-2)26(34)31-15-20(33)16-31/h3-7,10-14,20,27,33H,8-9,15-16H2,1-2H3,(H,28,30). The van der Waals surface area contributed by atoms with E-state index in [9.17, 15) is 9.90 Å². The molecule has 0 saturated carbocycles. The van der Waals surface area contributed by atoms with E-state index < -0.39 is 6.10 Å². The summed E-state index contributed by atoms with van der Waals surface area (Å²) in [4.78, 5) is 18.8. The summed E-state index contributed by atoms with van der Waals surface area (Å²) >= 11 is 0. The first-order valence-electron chi connectivity index (χ1n) is 11.5. The largest absolute Gasteiger partial charge is 0.495 e. The Morgan fingerprint density at radius 1 is 1.20 bits per heavy atom. The number of amides is 1. The van der Waals surface area contributed by atoms with Crippen molar-refractivity contribution >= 4 is 28.2 Å². The van der Waals surface area contributed by atoms with Crippen molar-refractivity contribution in [1.29, 1.82) is 0 Å². The predicted molar refractivity (Wildman–Crippen MR) is 135 cm³/mol. The molecule has 1 fully saturated rings. The zero-order chi connectivity index (χ0) is 24.4. The molecular formula is C26H28N6O3. The first kappa shape index (κ1) is 22.8. The highest BCUT2D eigenvalue weighted by molar-refractivity contribution is 5.98. The SMILES string of the molecule is CNCCn1cc(-c2cccc3cnc(Nc4ccc(C(=O)N5CC(O)C5)cc4OC)cc23)cn1. The van der Waals surface area contributed by atoms with Crippen molar-refractivity contribution in [1.82, 2.24) is 25.0 Å². The van der Waals surface area contributed by atoms with Gasteiger partial charge in [-0.25, -0.2) is 4.98 Å². The highest BCUT2D eigenvalue weighted by atomic mass is 16.5. The highest BCUT2D eigenvalue weighted by Crippen LogP contribution is 2.33. The van der Waals surface area contributed by atoms with Crippen molar-refractivity contribution in [3.63, 3.8) is 0 Å². The van der Waals surface area contributed by atoms with E-state index in [1.165, 1.54) is 0 Å². The van der Waals surface area contributed by atoms with Crippen LogP contribution in [0.15, 0.2) is 61.1 Å². The van der Waals surface area contributed by atoms with Gasteiger partial charge in [0.05, 0.1) is 31.6 Å². The fourth-order valence-electron chi connectivity index (χ4n) is 4.21. The Hall–Kier alpha value is -3.95. The highest BCUT2D eigenvalue weighted by Gasteiger charge is 2.29. The van der Waals surface area contributed by atoms with Gasteiger partial charge in [-0.3, -0.25) is 9.48 Å². The topological polar surface area (TPSA) is 105 Å². The number of rotatable bonds is 8. The number of hydrogen-bond donors (Lipinski definition) is 3. The van der Waals surface area contributed by atoms with Gasteiger partial charge in [0, 0.05) is 48.5 Å². The number of benzene rings is 2. The third kappa shape index (κ3) is 4.68. The Bertz CT molecular complexity index is 1360. The van der Waals surface area contributed by atoms with Crippen molar-refractivity contribution in [2.75, 3.05) is 39.1 Å². The summed E-state index contributed by atoms with van der Waals surface area (Å²) in [7, 11) is 3.49. The molecule has 9 nitrogen and oxygen atoms in total. The number of pyridine rings is 1. The first-order valence-corrected chi connectivity index (χ1v) is 11.5. The maximum atomic E-state index is 12.6. The molecule has 5 rings (SSSR count). The van der Waals surface area contributed by atoms with E-state index in [2.05, 4.69) is 33.0 Å². The molecule has 0 bridgehead atoms. The molecule has 9 heteroatoms. The molecule has 3 heterocycles. The van der Waals surface area contributed by atoms with Crippen LogP contribution in [0.3, 0.4) is 0 Å². The number of carbonyl (C=O) groups excluding carboxylic acids is 1. The molecule has 3 N–H and O–H groups in total. The summed E-state index contributed by atoms with van der Waals surface area (Å²) in [6.45, 7) is 2.37. The molecule has 1 aliphatic rings. The molecule has 0 atom stereocenters. The second-order valence-corrected chi connectivity index (χ2v) is 8.60. The number of hydrogen-bond acceptors (Lipinski definition) is 7. The monoisotopic (exact) mass is 472 g/mol. The third-order valence-corrected chi connectivity index (χ3v) is 6.16. The quantitative estimate of drug-likeness (QED) is 0.362. The second kappa shape index (κ2) is 9.73. The number of anilines is 2. The van der Waals surface area contributed by atoms with Crippen LogP contribution < -0.4 is 15.4 Å². The molecule has 1 amide bonds. The van der Waals surface area contributed by atoms with Crippen LogP contribution in [0.25, 0.3) is 21.9 Å². The minimum Gasteiger partial charge on any atom is -0.495 e. The number of carbonyl (C=O) groups is 1. The van der Waals surface area contributed by atoms with E-state index in [1.54, 1.807) is 24.1 Å². The van der Waals surface area contributed by atoms with Gasteiger partial charge in [0.15, 0.2) is 0 Å². The van der Waals surface area contributed by atoms with Crippen LogP contribution >= 0.6 is 0 Å². The third-order valence-electron chi connectivity index (χ3n) is 6.16. The average Bonchev–Trinajstić information content (AvgIpc) is 3.33. The lowest BCUT2D eigenvalue weighted by molar-refractivity contribution is 0.00588. The summed E-state index contributed by atoms with van der Waals surface area (Å²) in [5.74, 6) is 1.08. The molecule has 2 aromatic carbocycles. The van der Waals surface area contributed by atoms with Gasteiger partial charge in [0.1, 0.15) is 11.6 Å². The summed E-state index contributed by atoms with van der Waals surface area (Å²) in [6, 6.07) is 13.4. The fourth-order valence-corrected chi connectivity index (χ4v) is 4.21. The molecule has 180 valence electrons. The number of likely N-dealkylation sites (N-methyl/N-ethyl adjacent to an activating group) is 1. The minimum absolute atomic E-state index is 0.121. The van der Waals surface area contributed by atoms with Gasteiger partial charge in [-0.2, -0.15) is 5.10 Å². The van der Waals surface area contributed by atoms with Crippen LogP contribution in [-0.4, -0.2) is 70.6 Å². The zero-order valence-corrected chi connectivity index (χ0v) is 19.7. The summed E-state index contributed by atoms with van der Waals surface area (Å²) < 4.78 is 7.48.